The van der Waals surface area contributed by atoms with Crippen molar-refractivity contribution < 1.29 is 19.4 Å². The Morgan fingerprint density at radius 1 is 1.22 bits per heavy atom. The number of hydrogen-bond acceptors (Lipinski definition) is 3. The van der Waals surface area contributed by atoms with Gasteiger partial charge in [-0.2, -0.15) is 0 Å². The molecule has 1 atom stereocenters. The number of nitrogens with one attached hydrogen (secondary N) is 1. The summed E-state index contributed by atoms with van der Waals surface area (Å²) in [4.78, 5) is 22.5. The van der Waals surface area contributed by atoms with Gasteiger partial charge >= 0.3 is 5.97 Å². The Labute approximate surface area is 109 Å². The molecule has 0 aliphatic heterocycles. The number of carbonyl (C=O) groups excluding carboxylic acids is 1. The van der Waals surface area contributed by atoms with Gasteiger partial charge in [-0.15, -0.1) is 0 Å². The van der Waals surface area contributed by atoms with Gasteiger partial charge in [-0.3, -0.25) is 4.79 Å². The summed E-state index contributed by atoms with van der Waals surface area (Å²) >= 11 is 0. The minimum Gasteiger partial charge on any atom is -0.480 e. The Balaban J connectivity index is 3.85. The first kappa shape index (κ1) is 16.9. The lowest BCUT2D eigenvalue weighted by atomic mass is 10.1. The van der Waals surface area contributed by atoms with Crippen molar-refractivity contribution in [3.8, 4) is 0 Å². The Kier molecular flexibility index (Phi) is 10.3. The summed E-state index contributed by atoms with van der Waals surface area (Å²) in [6, 6.07) is -0.793. The molecule has 0 aliphatic rings. The van der Waals surface area contributed by atoms with Gasteiger partial charge in [-0.05, 0) is 19.3 Å². The van der Waals surface area contributed by atoms with Gasteiger partial charge in [-0.25, -0.2) is 4.79 Å². The van der Waals surface area contributed by atoms with Gasteiger partial charge in [0.25, 0.3) is 0 Å². The molecule has 0 rings (SSSR count). The molecule has 106 valence electrons. The number of amides is 1. The first-order valence-corrected chi connectivity index (χ1v) is 6.63. The van der Waals surface area contributed by atoms with Crippen LogP contribution in [-0.2, 0) is 14.3 Å². The number of aliphatic carboxylic acids is 1. The quantitative estimate of drug-likeness (QED) is 0.556. The van der Waals surface area contributed by atoms with Crippen molar-refractivity contribution in [2.75, 3.05) is 13.7 Å². The lowest BCUT2D eigenvalue weighted by Crippen LogP contribution is -2.40. The third-order valence-corrected chi connectivity index (χ3v) is 2.73. The van der Waals surface area contributed by atoms with Crippen molar-refractivity contribution in [2.45, 2.75) is 57.9 Å². The predicted octanol–water partition coefficient (Wildman–Crippen LogP) is 1.95. The SMILES string of the molecule is CCCCCCC(=O)NC(CCCOC)C(=O)O. The predicted molar refractivity (Wildman–Crippen MR) is 69.4 cm³/mol. The van der Waals surface area contributed by atoms with Crippen LogP contribution in [0.2, 0.25) is 0 Å². The molecule has 2 N–H and O–H groups in total. The van der Waals surface area contributed by atoms with Crippen molar-refractivity contribution in [1.82, 2.24) is 5.32 Å². The molecule has 5 heteroatoms. The van der Waals surface area contributed by atoms with E-state index in [9.17, 15) is 9.59 Å². The van der Waals surface area contributed by atoms with Crippen LogP contribution in [0.4, 0.5) is 0 Å². The largest absolute Gasteiger partial charge is 0.480 e. The molecule has 0 heterocycles. The molecule has 0 aromatic heterocycles. The molecule has 18 heavy (non-hydrogen) atoms. The van der Waals surface area contributed by atoms with Crippen molar-refractivity contribution in [1.29, 1.82) is 0 Å². The van der Waals surface area contributed by atoms with Crippen LogP contribution in [0.1, 0.15) is 51.9 Å². The molecule has 0 aromatic rings. The molecule has 0 saturated heterocycles. The Morgan fingerprint density at radius 3 is 2.50 bits per heavy atom. The van der Waals surface area contributed by atoms with E-state index in [1.807, 2.05) is 0 Å². The number of carbonyl (C=O) groups is 2. The molecular weight excluding hydrogens is 234 g/mol. The number of unbranched alkanes of at least 4 members (excludes halogenated alkanes) is 3. The zero-order valence-electron chi connectivity index (χ0n) is 11.4. The van der Waals surface area contributed by atoms with E-state index in [0.29, 0.717) is 25.9 Å². The Bertz CT molecular complexity index is 243. The second kappa shape index (κ2) is 11.0. The molecule has 0 aliphatic carbocycles. The second-order valence-electron chi connectivity index (χ2n) is 4.40. The number of rotatable bonds is 11. The minimum atomic E-state index is -0.979. The van der Waals surface area contributed by atoms with Crippen LogP contribution in [0, 0.1) is 0 Å². The van der Waals surface area contributed by atoms with Gasteiger partial charge in [0.1, 0.15) is 6.04 Å². The standard InChI is InChI=1S/C13H25NO4/c1-3-4-5-6-9-12(15)14-11(13(16)17)8-7-10-18-2/h11H,3-10H2,1-2H3,(H,14,15)(H,16,17). The van der Waals surface area contributed by atoms with Gasteiger partial charge in [0.15, 0.2) is 0 Å². The van der Waals surface area contributed by atoms with E-state index in [1.54, 1.807) is 7.11 Å². The highest BCUT2D eigenvalue weighted by Gasteiger charge is 2.18. The number of hydrogen-bond donors (Lipinski definition) is 2. The average molecular weight is 259 g/mol. The molecule has 0 fully saturated rings. The normalized spacial score (nSPS) is 12.1. The van der Waals surface area contributed by atoms with Crippen molar-refractivity contribution >= 4 is 11.9 Å². The van der Waals surface area contributed by atoms with E-state index in [4.69, 9.17) is 9.84 Å². The molecule has 1 unspecified atom stereocenters. The van der Waals surface area contributed by atoms with Crippen molar-refractivity contribution in [3.63, 3.8) is 0 Å². The van der Waals surface area contributed by atoms with Crippen LogP contribution in [0.3, 0.4) is 0 Å². The van der Waals surface area contributed by atoms with Crippen molar-refractivity contribution in [2.24, 2.45) is 0 Å². The summed E-state index contributed by atoms with van der Waals surface area (Å²) in [6.07, 6.45) is 5.52. The lowest BCUT2D eigenvalue weighted by Gasteiger charge is -2.14. The summed E-state index contributed by atoms with van der Waals surface area (Å²) in [5.41, 5.74) is 0. The Hall–Kier alpha value is -1.10. The van der Waals surface area contributed by atoms with E-state index in [1.165, 1.54) is 0 Å². The minimum absolute atomic E-state index is 0.170. The molecule has 5 nitrogen and oxygen atoms in total. The third-order valence-electron chi connectivity index (χ3n) is 2.73. The van der Waals surface area contributed by atoms with E-state index < -0.39 is 12.0 Å². The average Bonchev–Trinajstić information content (AvgIpc) is 2.33. The van der Waals surface area contributed by atoms with Crippen molar-refractivity contribution in [3.05, 3.63) is 0 Å². The Morgan fingerprint density at radius 2 is 1.94 bits per heavy atom. The summed E-state index contributed by atoms with van der Waals surface area (Å²) in [6.45, 7) is 2.62. The molecule has 0 radical (unpaired) electrons. The molecule has 0 saturated carbocycles. The molecule has 0 aromatic carbocycles. The summed E-state index contributed by atoms with van der Waals surface area (Å²) < 4.78 is 4.86. The van der Waals surface area contributed by atoms with E-state index in [-0.39, 0.29) is 5.91 Å². The number of carboxylic acids is 1. The molecular formula is C13H25NO4. The van der Waals surface area contributed by atoms with E-state index in [2.05, 4.69) is 12.2 Å². The van der Waals surface area contributed by atoms with Gasteiger partial charge in [0.2, 0.25) is 5.91 Å². The maximum absolute atomic E-state index is 11.5. The highest BCUT2D eigenvalue weighted by molar-refractivity contribution is 5.83. The van der Waals surface area contributed by atoms with Crippen LogP contribution < -0.4 is 5.32 Å². The molecule has 1 amide bonds. The maximum atomic E-state index is 11.5. The fraction of sp³-hybridized carbons (Fsp3) is 0.846. The summed E-state index contributed by atoms with van der Waals surface area (Å²) in [5, 5.41) is 11.5. The summed E-state index contributed by atoms with van der Waals surface area (Å²) in [7, 11) is 1.57. The maximum Gasteiger partial charge on any atom is 0.326 e. The third kappa shape index (κ3) is 8.98. The van der Waals surface area contributed by atoms with E-state index >= 15 is 0 Å². The zero-order valence-corrected chi connectivity index (χ0v) is 11.4. The topological polar surface area (TPSA) is 75.6 Å². The fourth-order valence-corrected chi connectivity index (χ4v) is 1.67. The van der Waals surface area contributed by atoms with Crippen LogP contribution in [0.5, 0.6) is 0 Å². The first-order valence-electron chi connectivity index (χ1n) is 6.63. The number of carboxylic acid groups (broad SMARTS) is 1. The fourth-order valence-electron chi connectivity index (χ4n) is 1.67. The van der Waals surface area contributed by atoms with Crippen LogP contribution in [0.25, 0.3) is 0 Å². The van der Waals surface area contributed by atoms with Gasteiger partial charge < -0.3 is 15.2 Å². The lowest BCUT2D eigenvalue weighted by molar-refractivity contribution is -0.142. The van der Waals surface area contributed by atoms with Crippen LogP contribution in [0.15, 0.2) is 0 Å². The first-order chi connectivity index (χ1) is 8.61. The highest BCUT2D eigenvalue weighted by atomic mass is 16.5. The number of ether oxygens (including phenoxy) is 1. The number of methoxy groups -OCH3 is 1. The monoisotopic (exact) mass is 259 g/mol. The van der Waals surface area contributed by atoms with E-state index in [0.717, 1.165) is 25.7 Å². The summed E-state index contributed by atoms with van der Waals surface area (Å²) in [5.74, 6) is -1.15. The van der Waals surface area contributed by atoms with Crippen LogP contribution in [-0.4, -0.2) is 36.7 Å². The van der Waals surface area contributed by atoms with Gasteiger partial charge in [0.05, 0.1) is 0 Å². The van der Waals surface area contributed by atoms with Gasteiger partial charge in [0, 0.05) is 20.1 Å². The molecule has 0 bridgehead atoms. The second-order valence-corrected chi connectivity index (χ2v) is 4.40. The zero-order chi connectivity index (χ0) is 13.8. The van der Waals surface area contributed by atoms with Gasteiger partial charge in [-0.1, -0.05) is 26.2 Å². The molecule has 0 spiro atoms. The smallest absolute Gasteiger partial charge is 0.326 e. The highest BCUT2D eigenvalue weighted by Crippen LogP contribution is 2.04. The van der Waals surface area contributed by atoms with Crippen LogP contribution >= 0.6 is 0 Å².